The van der Waals surface area contributed by atoms with Gasteiger partial charge in [0.05, 0.1) is 20.3 Å². The Morgan fingerprint density at radius 1 is 1.43 bits per heavy atom. The van der Waals surface area contributed by atoms with Gasteiger partial charge in [0.2, 0.25) is 0 Å². The minimum atomic E-state index is -0.157. The van der Waals surface area contributed by atoms with Crippen molar-refractivity contribution in [1.29, 1.82) is 0 Å². The van der Waals surface area contributed by atoms with Gasteiger partial charge < -0.3 is 15.2 Å². The maximum atomic E-state index is 11.7. The fourth-order valence-corrected chi connectivity index (χ4v) is 2.42. The van der Waals surface area contributed by atoms with Crippen LogP contribution in [0.3, 0.4) is 0 Å². The van der Waals surface area contributed by atoms with Gasteiger partial charge in [0, 0.05) is 24.7 Å². The molecule has 2 rings (SSSR count). The zero-order valence-corrected chi connectivity index (χ0v) is 12.8. The van der Waals surface area contributed by atoms with Gasteiger partial charge in [0.1, 0.15) is 5.75 Å². The molecular formula is C16H24N2O3. The first kappa shape index (κ1) is 15.8. The standard InChI is InChI=1S/C16H24N2O3/c1-3-21-16(19)11-18(14-6-7-14)10-12-4-5-13(9-17)15(8-12)20-2/h4-5,8,14H,3,6-7,9-11,17H2,1-2H3. The van der Waals surface area contributed by atoms with Crippen molar-refractivity contribution in [3.63, 3.8) is 0 Å². The summed E-state index contributed by atoms with van der Waals surface area (Å²) in [6.07, 6.45) is 2.30. The average Bonchev–Trinajstić information content (AvgIpc) is 3.31. The Balaban J connectivity index is 2.04. The van der Waals surface area contributed by atoms with E-state index in [4.69, 9.17) is 15.2 Å². The molecule has 1 saturated carbocycles. The molecule has 0 bridgehead atoms. The van der Waals surface area contributed by atoms with E-state index in [0.29, 0.717) is 25.7 Å². The predicted molar refractivity (Wildman–Crippen MR) is 81.0 cm³/mol. The maximum absolute atomic E-state index is 11.7. The van der Waals surface area contributed by atoms with E-state index in [-0.39, 0.29) is 5.97 Å². The number of ether oxygens (including phenoxy) is 2. The number of nitrogens with two attached hydrogens (primary N) is 1. The van der Waals surface area contributed by atoms with Crippen LogP contribution in [-0.2, 0) is 22.6 Å². The molecule has 0 aliphatic heterocycles. The number of hydrogen-bond acceptors (Lipinski definition) is 5. The Morgan fingerprint density at radius 2 is 2.19 bits per heavy atom. The molecule has 116 valence electrons. The molecule has 5 nitrogen and oxygen atoms in total. The quantitative estimate of drug-likeness (QED) is 0.739. The highest BCUT2D eigenvalue weighted by molar-refractivity contribution is 5.71. The number of benzene rings is 1. The highest BCUT2D eigenvalue weighted by Gasteiger charge is 2.30. The highest BCUT2D eigenvalue weighted by atomic mass is 16.5. The molecule has 0 radical (unpaired) electrons. The van der Waals surface area contributed by atoms with Crippen molar-refractivity contribution in [3.05, 3.63) is 29.3 Å². The molecule has 1 fully saturated rings. The maximum Gasteiger partial charge on any atom is 0.320 e. The minimum absolute atomic E-state index is 0.157. The molecule has 0 heterocycles. The third-order valence-corrected chi connectivity index (χ3v) is 3.66. The largest absolute Gasteiger partial charge is 0.496 e. The van der Waals surface area contributed by atoms with Crippen LogP contribution in [0.2, 0.25) is 0 Å². The smallest absolute Gasteiger partial charge is 0.320 e. The summed E-state index contributed by atoms with van der Waals surface area (Å²) in [5.74, 6) is 0.650. The predicted octanol–water partition coefficient (Wildman–Crippen LogP) is 1.68. The van der Waals surface area contributed by atoms with Gasteiger partial charge in [0.15, 0.2) is 0 Å². The number of nitrogens with zero attached hydrogens (tertiary/aromatic N) is 1. The van der Waals surface area contributed by atoms with Crippen molar-refractivity contribution < 1.29 is 14.3 Å². The zero-order chi connectivity index (χ0) is 15.2. The topological polar surface area (TPSA) is 64.8 Å². The monoisotopic (exact) mass is 292 g/mol. The van der Waals surface area contributed by atoms with Crippen molar-refractivity contribution in [3.8, 4) is 5.75 Å². The average molecular weight is 292 g/mol. The van der Waals surface area contributed by atoms with Crippen LogP contribution in [0.1, 0.15) is 30.9 Å². The van der Waals surface area contributed by atoms with Gasteiger partial charge in [-0.15, -0.1) is 0 Å². The van der Waals surface area contributed by atoms with Gasteiger partial charge in [0.25, 0.3) is 0 Å². The normalized spacial score (nSPS) is 14.3. The fraction of sp³-hybridized carbons (Fsp3) is 0.562. The van der Waals surface area contributed by atoms with Crippen LogP contribution in [-0.4, -0.2) is 37.2 Å². The first-order valence-electron chi connectivity index (χ1n) is 7.43. The van der Waals surface area contributed by atoms with Crippen molar-refractivity contribution >= 4 is 5.97 Å². The lowest BCUT2D eigenvalue weighted by Gasteiger charge is -2.21. The highest BCUT2D eigenvalue weighted by Crippen LogP contribution is 2.29. The first-order chi connectivity index (χ1) is 10.2. The molecule has 0 saturated heterocycles. The zero-order valence-electron chi connectivity index (χ0n) is 12.8. The van der Waals surface area contributed by atoms with E-state index in [1.807, 2.05) is 25.1 Å². The van der Waals surface area contributed by atoms with Gasteiger partial charge in [-0.1, -0.05) is 12.1 Å². The van der Waals surface area contributed by atoms with Crippen molar-refractivity contribution in [2.24, 2.45) is 5.73 Å². The van der Waals surface area contributed by atoms with Crippen molar-refractivity contribution in [1.82, 2.24) is 4.90 Å². The van der Waals surface area contributed by atoms with E-state index < -0.39 is 0 Å². The van der Waals surface area contributed by atoms with E-state index in [0.717, 1.165) is 36.3 Å². The lowest BCUT2D eigenvalue weighted by atomic mass is 10.1. The molecule has 0 aromatic heterocycles. The molecule has 5 heteroatoms. The SMILES string of the molecule is CCOC(=O)CN(Cc1ccc(CN)c(OC)c1)C1CC1. The van der Waals surface area contributed by atoms with E-state index in [1.165, 1.54) is 0 Å². The van der Waals surface area contributed by atoms with Gasteiger partial charge in [-0.05, 0) is 31.4 Å². The third-order valence-electron chi connectivity index (χ3n) is 3.66. The van der Waals surface area contributed by atoms with Crippen molar-refractivity contribution in [2.45, 2.75) is 38.9 Å². The Morgan fingerprint density at radius 3 is 2.76 bits per heavy atom. The Bertz CT molecular complexity index is 486. The minimum Gasteiger partial charge on any atom is -0.496 e. The van der Waals surface area contributed by atoms with Gasteiger partial charge in [-0.25, -0.2) is 0 Å². The van der Waals surface area contributed by atoms with Crippen LogP contribution < -0.4 is 10.5 Å². The summed E-state index contributed by atoms with van der Waals surface area (Å²) in [4.78, 5) is 13.9. The summed E-state index contributed by atoms with van der Waals surface area (Å²) >= 11 is 0. The van der Waals surface area contributed by atoms with Crippen LogP contribution in [0.15, 0.2) is 18.2 Å². The number of rotatable bonds is 8. The summed E-state index contributed by atoms with van der Waals surface area (Å²) < 4.78 is 10.4. The summed E-state index contributed by atoms with van der Waals surface area (Å²) in [5, 5.41) is 0. The molecule has 1 aromatic rings. The van der Waals surface area contributed by atoms with E-state index in [2.05, 4.69) is 4.90 Å². The molecule has 1 aliphatic rings. The third kappa shape index (κ3) is 4.44. The van der Waals surface area contributed by atoms with Gasteiger partial charge >= 0.3 is 5.97 Å². The second-order valence-electron chi connectivity index (χ2n) is 5.29. The van der Waals surface area contributed by atoms with Crippen LogP contribution in [0.25, 0.3) is 0 Å². The molecule has 0 amide bonds. The van der Waals surface area contributed by atoms with Crippen LogP contribution >= 0.6 is 0 Å². The lowest BCUT2D eigenvalue weighted by molar-refractivity contribution is -0.144. The molecule has 21 heavy (non-hydrogen) atoms. The number of carbonyl (C=O) groups excluding carboxylic acids is 1. The Kier molecular flexibility index (Phi) is 5.59. The molecule has 0 spiro atoms. The number of methoxy groups -OCH3 is 1. The molecule has 0 unspecified atom stereocenters. The van der Waals surface area contributed by atoms with Crippen LogP contribution in [0.5, 0.6) is 5.75 Å². The molecule has 1 aliphatic carbocycles. The molecule has 2 N–H and O–H groups in total. The summed E-state index contributed by atoms with van der Waals surface area (Å²) in [6, 6.07) is 6.53. The second kappa shape index (κ2) is 7.43. The second-order valence-corrected chi connectivity index (χ2v) is 5.29. The summed E-state index contributed by atoms with van der Waals surface area (Å²) in [5.41, 5.74) is 7.80. The molecule has 1 aromatic carbocycles. The first-order valence-corrected chi connectivity index (χ1v) is 7.43. The van der Waals surface area contributed by atoms with E-state index >= 15 is 0 Å². The van der Waals surface area contributed by atoms with Crippen LogP contribution in [0.4, 0.5) is 0 Å². The van der Waals surface area contributed by atoms with Crippen molar-refractivity contribution in [2.75, 3.05) is 20.3 Å². The lowest BCUT2D eigenvalue weighted by Crippen LogP contribution is -2.32. The summed E-state index contributed by atoms with van der Waals surface area (Å²) in [6.45, 7) is 3.79. The number of esters is 1. The molecular weight excluding hydrogens is 268 g/mol. The van der Waals surface area contributed by atoms with Gasteiger partial charge in [-0.2, -0.15) is 0 Å². The van der Waals surface area contributed by atoms with Crippen LogP contribution in [0, 0.1) is 0 Å². The number of carbonyl (C=O) groups is 1. The number of hydrogen-bond donors (Lipinski definition) is 1. The van der Waals surface area contributed by atoms with Gasteiger partial charge in [-0.3, -0.25) is 9.69 Å². The summed E-state index contributed by atoms with van der Waals surface area (Å²) in [7, 11) is 1.65. The fourth-order valence-electron chi connectivity index (χ4n) is 2.42. The van der Waals surface area contributed by atoms with E-state index in [9.17, 15) is 4.79 Å². The van der Waals surface area contributed by atoms with E-state index in [1.54, 1.807) is 7.11 Å². The Labute approximate surface area is 126 Å². The Hall–Kier alpha value is -1.59. The molecule has 0 atom stereocenters.